The second-order valence-corrected chi connectivity index (χ2v) is 14.2. The molecule has 3 fully saturated rings. The third-order valence-electron chi connectivity index (χ3n) is 9.68. The summed E-state index contributed by atoms with van der Waals surface area (Å²) in [5.74, 6) is -1.67. The number of carbonyl (C=O) groups is 5. The van der Waals surface area contributed by atoms with Crippen molar-refractivity contribution in [3.05, 3.63) is 47.3 Å². The van der Waals surface area contributed by atoms with Crippen LogP contribution in [-0.4, -0.2) is 103 Å². The van der Waals surface area contributed by atoms with Crippen LogP contribution in [0.1, 0.15) is 98.0 Å². The number of fused-ring (bicyclic) bond motifs is 1. The summed E-state index contributed by atoms with van der Waals surface area (Å²) < 4.78 is 7.61. The topological polar surface area (TPSA) is 166 Å². The number of hydrogen-bond acceptors (Lipinski definition) is 10. The van der Waals surface area contributed by atoms with E-state index in [0.717, 1.165) is 36.1 Å². The second-order valence-electron chi connectivity index (χ2n) is 14.2. The van der Waals surface area contributed by atoms with Crippen LogP contribution in [-0.2, 0) is 25.7 Å². The van der Waals surface area contributed by atoms with Gasteiger partial charge in [0.05, 0.1) is 29.0 Å². The van der Waals surface area contributed by atoms with Gasteiger partial charge >= 0.3 is 0 Å². The highest BCUT2D eigenvalue weighted by atomic mass is 16.6. The largest absolute Gasteiger partial charge is 0.380 e. The number of piperidine rings is 3. The van der Waals surface area contributed by atoms with Crippen molar-refractivity contribution in [3.8, 4) is 0 Å². The smallest absolute Gasteiger partial charge is 0.264 e. The molecule has 6 rings (SSSR count). The van der Waals surface area contributed by atoms with Gasteiger partial charge in [-0.1, -0.05) is 6.07 Å². The van der Waals surface area contributed by atoms with E-state index < -0.39 is 41.7 Å². The zero-order chi connectivity index (χ0) is 34.2. The van der Waals surface area contributed by atoms with E-state index in [2.05, 4.69) is 15.7 Å². The first-order chi connectivity index (χ1) is 22.9. The van der Waals surface area contributed by atoms with Crippen molar-refractivity contribution in [2.75, 3.05) is 31.5 Å². The average Bonchev–Trinajstić information content (AvgIpc) is 3.62. The quantitative estimate of drug-likeness (QED) is 0.268. The molecular formula is C34H45N7O7. The predicted octanol–water partition coefficient (Wildman–Crippen LogP) is 2.25. The molecule has 2 aromatic rings. The van der Waals surface area contributed by atoms with Crippen molar-refractivity contribution in [1.29, 1.82) is 0 Å². The summed E-state index contributed by atoms with van der Waals surface area (Å²) in [6.07, 6.45) is 6.80. The second kappa shape index (κ2) is 13.8. The molecule has 1 aromatic heterocycles. The summed E-state index contributed by atoms with van der Waals surface area (Å²) in [4.78, 5) is 68.5. The third-order valence-corrected chi connectivity index (χ3v) is 9.68. The first-order valence-electron chi connectivity index (χ1n) is 16.9. The number of likely N-dealkylation sites (tertiary alicyclic amines) is 2. The van der Waals surface area contributed by atoms with Gasteiger partial charge in [0.2, 0.25) is 24.1 Å². The number of nitrogens with zero attached hydrogens (tertiary/aromatic N) is 5. The predicted molar refractivity (Wildman–Crippen MR) is 173 cm³/mol. The number of amides is 5. The molecular weight excluding hydrogens is 618 g/mol. The maximum absolute atomic E-state index is 13.4. The number of ether oxygens (including phenoxy) is 1. The lowest BCUT2D eigenvalue weighted by Gasteiger charge is -2.38. The summed E-state index contributed by atoms with van der Waals surface area (Å²) in [7, 11) is 0. The van der Waals surface area contributed by atoms with E-state index >= 15 is 0 Å². The molecule has 14 heteroatoms. The summed E-state index contributed by atoms with van der Waals surface area (Å²) in [6, 6.07) is 4.13. The summed E-state index contributed by atoms with van der Waals surface area (Å²) >= 11 is 0. The van der Waals surface area contributed by atoms with Crippen LogP contribution in [0.5, 0.6) is 0 Å². The molecule has 2 unspecified atom stereocenters. The highest BCUT2D eigenvalue weighted by molar-refractivity contribution is 6.25. The van der Waals surface area contributed by atoms with Crippen molar-refractivity contribution in [1.82, 2.24) is 29.8 Å². The number of nitrogens with one attached hydrogen (secondary N) is 2. The minimum Gasteiger partial charge on any atom is -0.380 e. The Labute approximate surface area is 279 Å². The monoisotopic (exact) mass is 663 g/mol. The lowest BCUT2D eigenvalue weighted by atomic mass is 9.92. The van der Waals surface area contributed by atoms with Gasteiger partial charge in [0.15, 0.2) is 0 Å². The van der Waals surface area contributed by atoms with Crippen LogP contribution in [0.4, 0.5) is 5.69 Å². The number of benzene rings is 1. The highest BCUT2D eigenvalue weighted by Crippen LogP contribution is 2.33. The van der Waals surface area contributed by atoms with Gasteiger partial charge in [-0.3, -0.25) is 43.8 Å². The van der Waals surface area contributed by atoms with Crippen molar-refractivity contribution < 1.29 is 33.8 Å². The molecule has 14 nitrogen and oxygen atoms in total. The van der Waals surface area contributed by atoms with E-state index in [4.69, 9.17) is 4.74 Å². The van der Waals surface area contributed by atoms with Gasteiger partial charge in [-0.05, 0) is 70.9 Å². The van der Waals surface area contributed by atoms with Crippen LogP contribution in [0, 0.1) is 5.92 Å². The molecule has 4 aliphatic heterocycles. The fourth-order valence-corrected chi connectivity index (χ4v) is 7.05. The molecule has 0 saturated carbocycles. The van der Waals surface area contributed by atoms with Crippen molar-refractivity contribution >= 4 is 35.2 Å². The molecule has 1 aromatic carbocycles. The minimum absolute atomic E-state index is 0.0643. The van der Waals surface area contributed by atoms with Crippen LogP contribution in [0.15, 0.2) is 30.6 Å². The van der Waals surface area contributed by atoms with Crippen LogP contribution < -0.4 is 10.6 Å². The fourth-order valence-electron chi connectivity index (χ4n) is 7.05. The number of hydrogen-bond donors (Lipinski definition) is 3. The molecule has 5 amide bonds. The molecule has 3 N–H and O–H groups in total. The summed E-state index contributed by atoms with van der Waals surface area (Å²) in [6.45, 7) is 8.87. The normalized spacial score (nSPS) is 22.2. The Morgan fingerprint density at radius 3 is 2.46 bits per heavy atom. The number of rotatable bonds is 9. The molecule has 2 atom stereocenters. The van der Waals surface area contributed by atoms with E-state index in [1.54, 1.807) is 24.4 Å². The maximum Gasteiger partial charge on any atom is 0.264 e. The Balaban J connectivity index is 0.976. The third kappa shape index (κ3) is 7.30. The Bertz CT molecular complexity index is 1570. The average molecular weight is 664 g/mol. The fraction of sp³-hybridized carbons (Fsp3) is 0.588. The van der Waals surface area contributed by atoms with Gasteiger partial charge in [0, 0.05) is 63.0 Å². The van der Waals surface area contributed by atoms with E-state index in [0.29, 0.717) is 50.7 Å². The van der Waals surface area contributed by atoms with Gasteiger partial charge in [0.25, 0.3) is 11.8 Å². The minimum atomic E-state index is -1.02. The van der Waals surface area contributed by atoms with Crippen LogP contribution in [0.2, 0.25) is 0 Å². The number of anilines is 1. The standard InChI is InChI=1S/C34H45N7O7/c1-34(2,3)48-33(47)39-13-9-21(10-14-39)17-28(43)38-15-11-23(12-16-38)40-20-22(19-36-40)18-35-25-6-4-5-24-29(25)32(46)41(31(24)45)26-7-8-27(42)37-30(26)44/h4-6,19-21,23,26,33,35,47H,7-18H2,1-3H3,(H,37,42,44). The van der Waals surface area contributed by atoms with E-state index in [1.165, 1.54) is 0 Å². The molecule has 5 heterocycles. The van der Waals surface area contributed by atoms with Crippen molar-refractivity contribution in [2.45, 2.75) is 96.4 Å². The number of aromatic nitrogens is 2. The van der Waals surface area contributed by atoms with Gasteiger partial charge in [-0.25, -0.2) is 0 Å². The molecule has 0 spiro atoms. The van der Waals surface area contributed by atoms with E-state index in [1.807, 2.05) is 41.4 Å². The summed E-state index contributed by atoms with van der Waals surface area (Å²) in [5.41, 5.74) is 1.40. The van der Waals surface area contributed by atoms with E-state index in [9.17, 15) is 29.1 Å². The first-order valence-corrected chi connectivity index (χ1v) is 16.9. The van der Waals surface area contributed by atoms with Crippen molar-refractivity contribution in [2.24, 2.45) is 5.92 Å². The Hall–Kier alpha value is -4.14. The Kier molecular flexibility index (Phi) is 9.68. The first kappa shape index (κ1) is 33.7. The zero-order valence-electron chi connectivity index (χ0n) is 27.8. The SMILES string of the molecule is CC(C)(C)OC(O)N1CCC(CC(=O)N2CCC(n3cc(CNc4cccc5c4C(=O)N(C4CCC(=O)NC4=O)C5=O)cn3)CC2)CC1. The van der Waals surface area contributed by atoms with Gasteiger partial charge < -0.3 is 20.1 Å². The Morgan fingerprint density at radius 1 is 1.04 bits per heavy atom. The molecule has 0 aliphatic carbocycles. The lowest BCUT2D eigenvalue weighted by Crippen LogP contribution is -2.54. The highest BCUT2D eigenvalue weighted by Gasteiger charge is 2.45. The Morgan fingerprint density at radius 2 is 1.77 bits per heavy atom. The van der Waals surface area contributed by atoms with Gasteiger partial charge in [-0.2, -0.15) is 5.10 Å². The van der Waals surface area contributed by atoms with Crippen LogP contribution in [0.3, 0.4) is 0 Å². The maximum atomic E-state index is 13.4. The van der Waals surface area contributed by atoms with Crippen molar-refractivity contribution in [3.63, 3.8) is 0 Å². The molecule has 0 bridgehead atoms. The van der Waals surface area contributed by atoms with Gasteiger partial charge in [0.1, 0.15) is 6.04 Å². The molecule has 0 radical (unpaired) electrons. The summed E-state index contributed by atoms with van der Waals surface area (Å²) in [5, 5.41) is 20.4. The lowest BCUT2D eigenvalue weighted by molar-refractivity contribution is -0.243. The van der Waals surface area contributed by atoms with Crippen LogP contribution in [0.25, 0.3) is 0 Å². The van der Waals surface area contributed by atoms with Gasteiger partial charge in [-0.15, -0.1) is 0 Å². The number of imide groups is 2. The number of carbonyl (C=O) groups excluding carboxylic acids is 5. The zero-order valence-corrected chi connectivity index (χ0v) is 27.8. The van der Waals surface area contributed by atoms with Crippen LogP contribution >= 0.6 is 0 Å². The molecule has 4 aliphatic rings. The number of aliphatic hydroxyl groups excluding tert-OH is 1. The number of aliphatic hydroxyl groups is 1. The molecule has 258 valence electrons. The molecule has 3 saturated heterocycles. The van der Waals surface area contributed by atoms with E-state index in [-0.39, 0.29) is 35.9 Å². The molecule has 48 heavy (non-hydrogen) atoms.